The molecule has 84 valence electrons. The van der Waals surface area contributed by atoms with E-state index in [9.17, 15) is 0 Å². The number of benzene rings is 1. The van der Waals surface area contributed by atoms with E-state index >= 15 is 0 Å². The van der Waals surface area contributed by atoms with Gasteiger partial charge in [-0.25, -0.2) is 0 Å². The Hall–Kier alpha value is -1.84. The van der Waals surface area contributed by atoms with Gasteiger partial charge in [0.2, 0.25) is 0 Å². The first kappa shape index (κ1) is 10.7. The summed E-state index contributed by atoms with van der Waals surface area (Å²) in [4.78, 5) is 0. The molecule has 0 atom stereocenters. The molecule has 0 aliphatic rings. The van der Waals surface area contributed by atoms with Crippen LogP contribution in [0.4, 0.5) is 0 Å². The molecular weight excluding hydrogens is 202 g/mol. The van der Waals surface area contributed by atoms with E-state index in [2.05, 4.69) is 17.1 Å². The molecule has 2 rings (SSSR count). The van der Waals surface area contributed by atoms with Crippen LogP contribution in [-0.2, 0) is 6.42 Å². The summed E-state index contributed by atoms with van der Waals surface area (Å²) in [6.07, 6.45) is 3.74. The lowest BCUT2D eigenvalue weighted by molar-refractivity contribution is 0.414. The molecule has 0 amide bonds. The van der Waals surface area contributed by atoms with Gasteiger partial charge in [-0.05, 0) is 30.7 Å². The highest BCUT2D eigenvalue weighted by Crippen LogP contribution is 2.16. The fraction of sp³-hybridized carbons (Fsp3) is 0.333. The molecule has 0 aliphatic carbocycles. The van der Waals surface area contributed by atoms with E-state index in [-0.39, 0.29) is 0 Å². The number of hydrogen-bond acceptors (Lipinski definition) is 3. The van der Waals surface area contributed by atoms with Crippen LogP contribution < -0.4 is 4.74 Å². The highest BCUT2D eigenvalue weighted by Gasteiger charge is 2.04. The van der Waals surface area contributed by atoms with Gasteiger partial charge in [-0.1, -0.05) is 6.92 Å². The van der Waals surface area contributed by atoms with Gasteiger partial charge >= 0.3 is 0 Å². The molecule has 0 bridgehead atoms. The van der Waals surface area contributed by atoms with Gasteiger partial charge in [0.15, 0.2) is 0 Å². The molecule has 4 nitrogen and oxygen atoms in total. The van der Waals surface area contributed by atoms with Gasteiger partial charge < -0.3 is 4.74 Å². The quantitative estimate of drug-likeness (QED) is 0.788. The zero-order valence-corrected chi connectivity index (χ0v) is 9.55. The summed E-state index contributed by atoms with van der Waals surface area (Å²) in [7, 11) is 1.66. The topological polar surface area (TPSA) is 39.9 Å². The number of methoxy groups -OCH3 is 1. The molecule has 0 fully saturated rings. The third-order valence-corrected chi connectivity index (χ3v) is 2.44. The zero-order chi connectivity index (χ0) is 11.4. The van der Waals surface area contributed by atoms with Crippen LogP contribution in [0.5, 0.6) is 5.75 Å². The van der Waals surface area contributed by atoms with E-state index in [1.807, 2.05) is 28.8 Å². The Morgan fingerprint density at radius 3 is 2.62 bits per heavy atom. The lowest BCUT2D eigenvalue weighted by Crippen LogP contribution is -1.99. The summed E-state index contributed by atoms with van der Waals surface area (Å²) in [5.41, 5.74) is 1.06. The van der Waals surface area contributed by atoms with Crippen molar-refractivity contribution in [1.29, 1.82) is 0 Å². The Labute approximate surface area is 94.9 Å². The van der Waals surface area contributed by atoms with Crippen molar-refractivity contribution in [2.75, 3.05) is 7.11 Å². The van der Waals surface area contributed by atoms with Crippen molar-refractivity contribution in [2.45, 2.75) is 19.8 Å². The average Bonchev–Trinajstić information content (AvgIpc) is 2.78. The van der Waals surface area contributed by atoms with Crippen LogP contribution in [0.3, 0.4) is 0 Å². The van der Waals surface area contributed by atoms with Crippen molar-refractivity contribution in [3.63, 3.8) is 0 Å². The van der Waals surface area contributed by atoms with Gasteiger partial charge in [-0.15, -0.1) is 10.2 Å². The van der Waals surface area contributed by atoms with Crippen LogP contribution in [0.25, 0.3) is 5.69 Å². The molecule has 0 spiro atoms. The van der Waals surface area contributed by atoms with E-state index in [0.29, 0.717) is 0 Å². The van der Waals surface area contributed by atoms with Crippen LogP contribution in [-0.4, -0.2) is 21.9 Å². The molecule has 16 heavy (non-hydrogen) atoms. The minimum absolute atomic E-state index is 0.855. The molecule has 1 aromatic heterocycles. The maximum absolute atomic E-state index is 5.12. The maximum Gasteiger partial charge on any atom is 0.137 e. The van der Waals surface area contributed by atoms with E-state index in [1.165, 1.54) is 0 Å². The van der Waals surface area contributed by atoms with Crippen molar-refractivity contribution < 1.29 is 4.74 Å². The van der Waals surface area contributed by atoms with Crippen molar-refractivity contribution in [1.82, 2.24) is 14.8 Å². The van der Waals surface area contributed by atoms with Gasteiger partial charge in [-0.2, -0.15) is 0 Å². The smallest absolute Gasteiger partial charge is 0.137 e. The molecule has 0 saturated heterocycles. The normalized spacial score (nSPS) is 10.4. The molecule has 0 unspecified atom stereocenters. The van der Waals surface area contributed by atoms with Crippen LogP contribution >= 0.6 is 0 Å². The van der Waals surface area contributed by atoms with Gasteiger partial charge in [0.25, 0.3) is 0 Å². The molecule has 1 heterocycles. The fourth-order valence-corrected chi connectivity index (χ4v) is 1.61. The van der Waals surface area contributed by atoms with Crippen molar-refractivity contribution in [2.24, 2.45) is 0 Å². The first-order valence-electron chi connectivity index (χ1n) is 5.38. The van der Waals surface area contributed by atoms with Gasteiger partial charge in [0.05, 0.1) is 7.11 Å². The first-order chi connectivity index (χ1) is 7.85. The molecular formula is C12H15N3O. The fourth-order valence-electron chi connectivity index (χ4n) is 1.61. The molecule has 0 N–H and O–H groups in total. The Morgan fingerprint density at radius 1 is 1.25 bits per heavy atom. The van der Waals surface area contributed by atoms with E-state index in [4.69, 9.17) is 4.74 Å². The lowest BCUT2D eigenvalue weighted by Gasteiger charge is -2.06. The van der Waals surface area contributed by atoms with Crippen molar-refractivity contribution >= 4 is 0 Å². The molecule has 0 aliphatic heterocycles. The maximum atomic E-state index is 5.12. The minimum Gasteiger partial charge on any atom is -0.497 e. The molecule has 2 aromatic rings. The second-order valence-corrected chi connectivity index (χ2v) is 3.57. The number of nitrogens with zero attached hydrogens (tertiary/aromatic N) is 3. The highest BCUT2D eigenvalue weighted by atomic mass is 16.5. The van der Waals surface area contributed by atoms with Crippen molar-refractivity contribution in [3.05, 3.63) is 36.4 Å². The van der Waals surface area contributed by atoms with Crippen LogP contribution in [0.2, 0.25) is 0 Å². The number of aryl methyl sites for hydroxylation is 1. The number of aromatic nitrogens is 3. The Kier molecular flexibility index (Phi) is 3.19. The summed E-state index contributed by atoms with van der Waals surface area (Å²) < 4.78 is 7.13. The summed E-state index contributed by atoms with van der Waals surface area (Å²) in [5.74, 6) is 1.85. The third kappa shape index (κ3) is 2.05. The van der Waals surface area contributed by atoms with Crippen LogP contribution in [0, 0.1) is 0 Å². The Balaban J connectivity index is 2.31. The lowest BCUT2D eigenvalue weighted by atomic mass is 10.2. The van der Waals surface area contributed by atoms with E-state index in [1.54, 1.807) is 13.4 Å². The molecule has 4 heteroatoms. The summed E-state index contributed by atoms with van der Waals surface area (Å²) in [5, 5.41) is 8.05. The monoisotopic (exact) mass is 217 g/mol. The van der Waals surface area contributed by atoms with Gasteiger partial charge in [0, 0.05) is 12.1 Å². The second kappa shape index (κ2) is 4.79. The molecule has 1 aromatic carbocycles. The highest BCUT2D eigenvalue weighted by molar-refractivity contribution is 5.37. The minimum atomic E-state index is 0.855. The second-order valence-electron chi connectivity index (χ2n) is 3.57. The summed E-state index contributed by atoms with van der Waals surface area (Å²) >= 11 is 0. The summed E-state index contributed by atoms with van der Waals surface area (Å²) in [6.45, 7) is 2.13. The molecule has 0 saturated carbocycles. The van der Waals surface area contributed by atoms with Crippen LogP contribution in [0.1, 0.15) is 19.2 Å². The summed E-state index contributed by atoms with van der Waals surface area (Å²) in [6, 6.07) is 7.87. The standard InChI is InChI=1S/C12H15N3O/c1-3-4-12-14-13-9-15(12)10-5-7-11(16-2)8-6-10/h5-9H,3-4H2,1-2H3. The van der Waals surface area contributed by atoms with Gasteiger partial charge in [0.1, 0.15) is 17.9 Å². The number of ether oxygens (including phenoxy) is 1. The van der Waals surface area contributed by atoms with Crippen molar-refractivity contribution in [3.8, 4) is 11.4 Å². The predicted octanol–water partition coefficient (Wildman–Crippen LogP) is 2.23. The Bertz CT molecular complexity index is 448. The predicted molar refractivity (Wildman–Crippen MR) is 61.9 cm³/mol. The Morgan fingerprint density at radius 2 is 2.00 bits per heavy atom. The largest absolute Gasteiger partial charge is 0.497 e. The zero-order valence-electron chi connectivity index (χ0n) is 9.55. The van der Waals surface area contributed by atoms with Gasteiger partial charge in [-0.3, -0.25) is 4.57 Å². The number of rotatable bonds is 4. The SMILES string of the molecule is CCCc1nncn1-c1ccc(OC)cc1. The van der Waals surface area contributed by atoms with E-state index in [0.717, 1.165) is 30.1 Å². The average molecular weight is 217 g/mol. The van der Waals surface area contributed by atoms with Crippen LogP contribution in [0.15, 0.2) is 30.6 Å². The molecule has 0 radical (unpaired) electrons. The number of hydrogen-bond donors (Lipinski definition) is 0. The first-order valence-corrected chi connectivity index (χ1v) is 5.38. The van der Waals surface area contributed by atoms with E-state index < -0.39 is 0 Å². The third-order valence-electron chi connectivity index (χ3n) is 2.44.